The van der Waals surface area contributed by atoms with Crippen molar-refractivity contribution < 1.29 is 14.4 Å². The van der Waals surface area contributed by atoms with Gasteiger partial charge in [-0.25, -0.2) is 0 Å². The molecule has 1 saturated carbocycles. The molecule has 0 aromatic heterocycles. The molecule has 0 unspecified atom stereocenters. The standard InChI is InChI=1S/C8H10O3/c1-5(9)8-6(10)3-2-4-7(8)11/h8H,2-4H2,1H3/i1+1,8+1. The highest BCUT2D eigenvalue weighted by Crippen LogP contribution is 2.17. The number of rotatable bonds is 1. The van der Waals surface area contributed by atoms with Crippen LogP contribution in [0.4, 0.5) is 0 Å². The van der Waals surface area contributed by atoms with Gasteiger partial charge in [0.25, 0.3) is 0 Å². The van der Waals surface area contributed by atoms with Crippen molar-refractivity contribution >= 4 is 17.3 Å². The van der Waals surface area contributed by atoms with Crippen LogP contribution in [0.15, 0.2) is 0 Å². The van der Waals surface area contributed by atoms with E-state index in [0.717, 1.165) is 0 Å². The molecule has 1 rings (SSSR count). The SMILES string of the molecule is [13CH3]C(=O)[13CH]1C(=O)CCCC1=O. The van der Waals surface area contributed by atoms with Crippen molar-refractivity contribution in [3.05, 3.63) is 0 Å². The van der Waals surface area contributed by atoms with Crippen molar-refractivity contribution in [3.63, 3.8) is 0 Å². The van der Waals surface area contributed by atoms with E-state index in [9.17, 15) is 14.4 Å². The lowest BCUT2D eigenvalue weighted by atomic mass is 10.0. The first kappa shape index (κ1) is 8.11. The Labute approximate surface area is 64.8 Å². The second-order valence-electron chi connectivity index (χ2n) is 2.83. The normalized spacial score (nSPS) is 20.5. The average molecular weight is 156 g/mol. The maximum Gasteiger partial charge on any atom is 0.150 e. The van der Waals surface area contributed by atoms with Crippen LogP contribution in [0.2, 0.25) is 0 Å². The van der Waals surface area contributed by atoms with Crippen LogP contribution in [0.25, 0.3) is 0 Å². The third-order valence-electron chi connectivity index (χ3n) is 1.90. The van der Waals surface area contributed by atoms with Crippen LogP contribution in [0.3, 0.4) is 0 Å². The van der Waals surface area contributed by atoms with Gasteiger partial charge in [0.2, 0.25) is 0 Å². The molecule has 3 nitrogen and oxygen atoms in total. The molecule has 3 heteroatoms. The Morgan fingerprint density at radius 1 is 1.27 bits per heavy atom. The minimum atomic E-state index is -0.927. The zero-order valence-corrected chi connectivity index (χ0v) is 6.42. The molecular weight excluding hydrogens is 146 g/mol. The fourth-order valence-corrected chi connectivity index (χ4v) is 1.36. The first-order valence-electron chi connectivity index (χ1n) is 3.69. The van der Waals surface area contributed by atoms with Crippen LogP contribution >= 0.6 is 0 Å². The highest BCUT2D eigenvalue weighted by Gasteiger charge is 2.33. The van der Waals surface area contributed by atoms with E-state index < -0.39 is 5.92 Å². The molecule has 0 saturated heterocycles. The van der Waals surface area contributed by atoms with Gasteiger partial charge >= 0.3 is 0 Å². The quantitative estimate of drug-likeness (QED) is 0.410. The summed E-state index contributed by atoms with van der Waals surface area (Å²) in [6.45, 7) is 1.30. The lowest BCUT2D eigenvalue weighted by Crippen LogP contribution is -2.33. The number of Topliss-reactive ketones (excluding diaryl/α,β-unsaturated/α-hetero) is 3. The highest BCUT2D eigenvalue weighted by molar-refractivity contribution is 6.19. The van der Waals surface area contributed by atoms with Gasteiger partial charge in [-0.3, -0.25) is 14.4 Å². The largest absolute Gasteiger partial charge is 0.299 e. The van der Waals surface area contributed by atoms with E-state index in [2.05, 4.69) is 0 Å². The van der Waals surface area contributed by atoms with Crippen LogP contribution < -0.4 is 0 Å². The minimum Gasteiger partial charge on any atom is -0.299 e. The Hall–Kier alpha value is -0.990. The lowest BCUT2D eigenvalue weighted by Gasteiger charge is -2.15. The highest BCUT2D eigenvalue weighted by atomic mass is 16.2. The van der Waals surface area contributed by atoms with E-state index in [1.807, 2.05) is 0 Å². The fourth-order valence-electron chi connectivity index (χ4n) is 1.36. The van der Waals surface area contributed by atoms with Crippen LogP contribution in [-0.2, 0) is 14.4 Å². The first-order valence-corrected chi connectivity index (χ1v) is 3.69. The van der Waals surface area contributed by atoms with Crippen LogP contribution in [0.5, 0.6) is 0 Å². The zero-order valence-electron chi connectivity index (χ0n) is 6.42. The first-order chi connectivity index (χ1) is 5.13. The molecular formula is C8H10O3. The summed E-state index contributed by atoms with van der Waals surface area (Å²) in [5, 5.41) is 0. The Bertz CT molecular complexity index is 201. The predicted octanol–water partition coefficient (Wildman–Crippen LogP) is 0.514. The summed E-state index contributed by atoms with van der Waals surface area (Å²) in [6, 6.07) is 0. The van der Waals surface area contributed by atoms with E-state index in [-0.39, 0.29) is 17.3 Å². The summed E-state index contributed by atoms with van der Waals surface area (Å²) < 4.78 is 0. The number of hydrogen-bond acceptors (Lipinski definition) is 3. The van der Waals surface area contributed by atoms with Gasteiger partial charge in [0.05, 0.1) is 0 Å². The van der Waals surface area contributed by atoms with Crippen molar-refractivity contribution in [2.45, 2.75) is 26.2 Å². The van der Waals surface area contributed by atoms with Crippen molar-refractivity contribution in [2.24, 2.45) is 5.92 Å². The summed E-state index contributed by atoms with van der Waals surface area (Å²) >= 11 is 0. The fraction of sp³-hybridized carbons (Fsp3) is 0.625. The van der Waals surface area contributed by atoms with E-state index in [1.165, 1.54) is 6.92 Å². The predicted molar refractivity (Wildman–Crippen MR) is 38.0 cm³/mol. The van der Waals surface area contributed by atoms with Crippen molar-refractivity contribution in [1.82, 2.24) is 0 Å². The van der Waals surface area contributed by atoms with Crippen molar-refractivity contribution in [2.75, 3.05) is 0 Å². The summed E-state index contributed by atoms with van der Waals surface area (Å²) in [4.78, 5) is 32.8. The van der Waals surface area contributed by atoms with Gasteiger partial charge in [0, 0.05) is 12.8 Å². The molecule has 0 aromatic rings. The average Bonchev–Trinajstić information content (AvgIpc) is 1.85. The van der Waals surface area contributed by atoms with Gasteiger partial charge in [0.1, 0.15) is 11.7 Å². The number of carbonyl (C=O) groups is 3. The Morgan fingerprint density at radius 2 is 1.73 bits per heavy atom. The molecule has 0 atom stereocenters. The molecule has 1 aliphatic carbocycles. The summed E-state index contributed by atoms with van der Waals surface area (Å²) in [5.41, 5.74) is 0. The zero-order chi connectivity index (χ0) is 8.43. The maximum absolute atomic E-state index is 11.0. The third kappa shape index (κ3) is 1.53. The van der Waals surface area contributed by atoms with E-state index in [1.54, 1.807) is 0 Å². The van der Waals surface area contributed by atoms with Gasteiger partial charge in [-0.2, -0.15) is 0 Å². The van der Waals surface area contributed by atoms with Gasteiger partial charge in [0.15, 0.2) is 11.6 Å². The van der Waals surface area contributed by atoms with Gasteiger partial charge in [-0.05, 0) is 13.3 Å². The van der Waals surface area contributed by atoms with E-state index in [0.29, 0.717) is 19.3 Å². The van der Waals surface area contributed by atoms with Crippen LogP contribution in [0, 0.1) is 5.92 Å². The van der Waals surface area contributed by atoms with Crippen molar-refractivity contribution in [1.29, 1.82) is 0 Å². The summed E-state index contributed by atoms with van der Waals surface area (Å²) in [6.07, 6.45) is 1.38. The molecule has 1 fully saturated rings. The molecule has 0 spiro atoms. The molecule has 0 N–H and O–H groups in total. The lowest BCUT2D eigenvalue weighted by molar-refractivity contribution is -0.141. The molecule has 11 heavy (non-hydrogen) atoms. The molecule has 0 amide bonds. The van der Waals surface area contributed by atoms with Crippen molar-refractivity contribution in [3.8, 4) is 0 Å². The van der Waals surface area contributed by atoms with Crippen LogP contribution in [-0.4, -0.2) is 17.3 Å². The van der Waals surface area contributed by atoms with Gasteiger partial charge in [-0.1, -0.05) is 0 Å². The molecule has 0 radical (unpaired) electrons. The molecule has 0 bridgehead atoms. The second kappa shape index (κ2) is 2.95. The number of ketones is 3. The maximum atomic E-state index is 11.0. The van der Waals surface area contributed by atoms with Gasteiger partial charge < -0.3 is 0 Å². The smallest absolute Gasteiger partial charge is 0.150 e. The minimum absolute atomic E-state index is 0.200. The van der Waals surface area contributed by atoms with E-state index in [4.69, 9.17) is 0 Å². The Balaban J connectivity index is 2.79. The Morgan fingerprint density at radius 3 is 2.00 bits per heavy atom. The Kier molecular flexibility index (Phi) is 2.17. The van der Waals surface area contributed by atoms with E-state index >= 15 is 0 Å². The third-order valence-corrected chi connectivity index (χ3v) is 1.90. The number of hydrogen-bond donors (Lipinski definition) is 0. The summed E-state index contributed by atoms with van der Waals surface area (Å²) in [7, 11) is 0. The monoisotopic (exact) mass is 156 g/mol. The molecule has 60 valence electrons. The van der Waals surface area contributed by atoms with Crippen LogP contribution in [0.1, 0.15) is 26.2 Å². The number of carbonyl (C=O) groups excluding carboxylic acids is 3. The topological polar surface area (TPSA) is 51.2 Å². The van der Waals surface area contributed by atoms with Gasteiger partial charge in [-0.15, -0.1) is 0 Å². The molecule has 1 aliphatic rings. The molecule has 0 aromatic carbocycles. The molecule has 0 aliphatic heterocycles. The molecule has 0 heterocycles. The second-order valence-corrected chi connectivity index (χ2v) is 2.83. The summed E-state index contributed by atoms with van der Waals surface area (Å²) in [5.74, 6) is -1.63.